The van der Waals surface area contributed by atoms with Gasteiger partial charge in [-0.1, -0.05) is 0 Å². The number of nitrogens with one attached hydrogen (secondary N) is 1. The molecule has 0 aromatic rings. The highest BCUT2D eigenvalue weighted by molar-refractivity contribution is 5.73. The lowest BCUT2D eigenvalue weighted by Gasteiger charge is -2.35. The molecule has 2 N–H and O–H groups in total. The molecule has 0 spiro atoms. The maximum Gasteiger partial charge on any atom is 0.309 e. The highest BCUT2D eigenvalue weighted by atomic mass is 16.4. The first-order valence-corrected chi connectivity index (χ1v) is 7.04. The number of carbonyl (C=O) groups is 1. The van der Waals surface area contributed by atoms with Gasteiger partial charge in [-0.15, -0.1) is 0 Å². The van der Waals surface area contributed by atoms with Crippen LogP contribution in [0.5, 0.6) is 0 Å². The number of piperidine rings is 1. The first-order valence-electron chi connectivity index (χ1n) is 7.04. The lowest BCUT2D eigenvalue weighted by atomic mass is 9.89. The molecule has 18 heavy (non-hydrogen) atoms. The summed E-state index contributed by atoms with van der Waals surface area (Å²) in [5.41, 5.74) is -0.619. The highest BCUT2D eigenvalue weighted by Crippen LogP contribution is 2.20. The molecule has 0 unspecified atom stereocenters. The summed E-state index contributed by atoms with van der Waals surface area (Å²) in [6.45, 7) is 11.2. The summed E-state index contributed by atoms with van der Waals surface area (Å²) in [7, 11) is 0. The van der Waals surface area contributed by atoms with Gasteiger partial charge in [0.25, 0.3) is 0 Å². The molecule has 1 aliphatic rings. The Morgan fingerprint density at radius 3 is 2.39 bits per heavy atom. The number of carboxylic acid groups (broad SMARTS) is 1. The minimum absolute atomic E-state index is 0.560. The molecule has 1 rings (SSSR count). The van der Waals surface area contributed by atoms with Gasteiger partial charge in [0.15, 0.2) is 0 Å². The molecule has 0 saturated carbocycles. The monoisotopic (exact) mass is 256 g/mol. The zero-order valence-electron chi connectivity index (χ0n) is 12.2. The molecule has 1 aliphatic heterocycles. The van der Waals surface area contributed by atoms with E-state index in [0.717, 1.165) is 19.6 Å². The van der Waals surface area contributed by atoms with Crippen LogP contribution in [-0.2, 0) is 4.79 Å². The topological polar surface area (TPSA) is 52.6 Å². The Bertz CT molecular complexity index is 269. The second-order valence-corrected chi connectivity index (χ2v) is 6.30. The highest BCUT2D eigenvalue weighted by Gasteiger charge is 2.27. The van der Waals surface area contributed by atoms with Gasteiger partial charge in [-0.2, -0.15) is 0 Å². The molecule has 0 aromatic carbocycles. The number of nitrogens with zero attached hydrogens (tertiary/aromatic N) is 1. The lowest BCUT2D eigenvalue weighted by Crippen LogP contribution is -2.45. The predicted octanol–water partition coefficient (Wildman–Crippen LogP) is 1.95. The van der Waals surface area contributed by atoms with Crippen LogP contribution in [0.4, 0.5) is 0 Å². The molecule has 0 atom stereocenters. The fourth-order valence-electron chi connectivity index (χ4n) is 2.32. The zero-order chi connectivity index (χ0) is 13.8. The Morgan fingerprint density at radius 2 is 1.94 bits per heavy atom. The van der Waals surface area contributed by atoms with E-state index in [1.165, 1.54) is 12.8 Å². The van der Waals surface area contributed by atoms with Crippen LogP contribution in [0.1, 0.15) is 47.0 Å². The third kappa shape index (κ3) is 4.58. The summed E-state index contributed by atoms with van der Waals surface area (Å²) in [5, 5.41) is 12.5. The van der Waals surface area contributed by atoms with Crippen molar-refractivity contribution >= 4 is 5.97 Å². The summed E-state index contributed by atoms with van der Waals surface area (Å²) in [6.07, 6.45) is 3.03. The lowest BCUT2D eigenvalue weighted by molar-refractivity contribution is -0.147. The van der Waals surface area contributed by atoms with E-state index < -0.39 is 11.4 Å². The molecule has 0 bridgehead atoms. The van der Waals surface area contributed by atoms with E-state index in [4.69, 9.17) is 5.11 Å². The van der Waals surface area contributed by atoms with Gasteiger partial charge >= 0.3 is 5.97 Å². The van der Waals surface area contributed by atoms with Crippen molar-refractivity contribution in [2.45, 2.75) is 59.0 Å². The van der Waals surface area contributed by atoms with Crippen LogP contribution in [0.2, 0.25) is 0 Å². The summed E-state index contributed by atoms with van der Waals surface area (Å²) >= 11 is 0. The maximum absolute atomic E-state index is 11.0. The minimum Gasteiger partial charge on any atom is -0.481 e. The predicted molar refractivity (Wildman–Crippen MR) is 73.8 cm³/mol. The molecule has 1 heterocycles. The van der Waals surface area contributed by atoms with E-state index in [2.05, 4.69) is 24.1 Å². The number of hydrogen-bond donors (Lipinski definition) is 2. The second-order valence-electron chi connectivity index (χ2n) is 6.30. The maximum atomic E-state index is 11.0. The van der Waals surface area contributed by atoms with Crippen molar-refractivity contribution in [3.63, 3.8) is 0 Å². The van der Waals surface area contributed by atoms with Crippen LogP contribution < -0.4 is 5.32 Å². The Labute approximate surface area is 111 Å². The summed E-state index contributed by atoms with van der Waals surface area (Å²) in [4.78, 5) is 13.5. The van der Waals surface area contributed by atoms with Crippen molar-refractivity contribution in [3.05, 3.63) is 0 Å². The van der Waals surface area contributed by atoms with Crippen LogP contribution >= 0.6 is 0 Å². The molecule has 4 nitrogen and oxygen atoms in total. The van der Waals surface area contributed by atoms with Crippen LogP contribution in [0.15, 0.2) is 0 Å². The molecule has 106 valence electrons. The number of hydrogen-bond acceptors (Lipinski definition) is 3. The standard InChI is InChI=1S/C14H28N2O2/c1-11(2)16-9-5-12(6-10-16)15-8-7-14(3,4)13(17)18/h11-12,15H,5-10H2,1-4H3,(H,17,18). The first kappa shape index (κ1) is 15.4. The number of carboxylic acids is 1. The van der Waals surface area contributed by atoms with Gasteiger partial charge in [0.1, 0.15) is 0 Å². The zero-order valence-corrected chi connectivity index (χ0v) is 12.2. The molecule has 0 amide bonds. The molecule has 4 heteroatoms. The van der Waals surface area contributed by atoms with E-state index in [-0.39, 0.29) is 0 Å². The van der Waals surface area contributed by atoms with E-state index in [1.54, 1.807) is 13.8 Å². The molecular weight excluding hydrogens is 228 g/mol. The number of rotatable bonds is 6. The van der Waals surface area contributed by atoms with Crippen molar-refractivity contribution < 1.29 is 9.90 Å². The van der Waals surface area contributed by atoms with Gasteiger partial charge in [-0.25, -0.2) is 0 Å². The summed E-state index contributed by atoms with van der Waals surface area (Å²) in [6, 6.07) is 1.20. The van der Waals surface area contributed by atoms with E-state index >= 15 is 0 Å². The van der Waals surface area contributed by atoms with Crippen molar-refractivity contribution in [3.8, 4) is 0 Å². The fourth-order valence-corrected chi connectivity index (χ4v) is 2.32. The Hall–Kier alpha value is -0.610. The molecule has 1 fully saturated rings. The average Bonchev–Trinajstić information content (AvgIpc) is 2.29. The number of aliphatic carboxylic acids is 1. The van der Waals surface area contributed by atoms with Crippen molar-refractivity contribution in [2.24, 2.45) is 5.41 Å². The van der Waals surface area contributed by atoms with Crippen molar-refractivity contribution in [1.29, 1.82) is 0 Å². The van der Waals surface area contributed by atoms with Crippen molar-refractivity contribution in [2.75, 3.05) is 19.6 Å². The van der Waals surface area contributed by atoms with Crippen LogP contribution in [0, 0.1) is 5.41 Å². The smallest absolute Gasteiger partial charge is 0.309 e. The molecule has 0 aromatic heterocycles. The Kier molecular flexibility index (Phi) is 5.60. The Morgan fingerprint density at radius 1 is 1.39 bits per heavy atom. The third-order valence-corrected chi connectivity index (χ3v) is 4.02. The first-order chi connectivity index (χ1) is 8.33. The summed E-state index contributed by atoms with van der Waals surface area (Å²) in [5.74, 6) is -0.709. The van der Waals surface area contributed by atoms with Crippen LogP contribution in [0.25, 0.3) is 0 Å². The van der Waals surface area contributed by atoms with E-state index in [9.17, 15) is 4.79 Å². The van der Waals surface area contributed by atoms with Crippen LogP contribution in [0.3, 0.4) is 0 Å². The summed E-state index contributed by atoms with van der Waals surface area (Å²) < 4.78 is 0. The quantitative estimate of drug-likeness (QED) is 0.762. The molecule has 0 radical (unpaired) electrons. The largest absolute Gasteiger partial charge is 0.481 e. The van der Waals surface area contributed by atoms with Gasteiger partial charge in [0, 0.05) is 12.1 Å². The normalized spacial score (nSPS) is 19.4. The van der Waals surface area contributed by atoms with Crippen LogP contribution in [-0.4, -0.2) is 47.7 Å². The molecule has 0 aliphatic carbocycles. The second kappa shape index (κ2) is 6.53. The van der Waals surface area contributed by atoms with Gasteiger partial charge in [0.05, 0.1) is 5.41 Å². The van der Waals surface area contributed by atoms with Gasteiger partial charge < -0.3 is 15.3 Å². The SMILES string of the molecule is CC(C)N1CCC(NCCC(C)(C)C(=O)O)CC1. The van der Waals surface area contributed by atoms with E-state index in [0.29, 0.717) is 18.5 Å². The van der Waals surface area contributed by atoms with Gasteiger partial charge in [-0.05, 0) is 66.6 Å². The van der Waals surface area contributed by atoms with Crippen molar-refractivity contribution in [1.82, 2.24) is 10.2 Å². The molecule has 1 saturated heterocycles. The number of likely N-dealkylation sites (tertiary alicyclic amines) is 1. The van der Waals surface area contributed by atoms with Gasteiger partial charge in [-0.3, -0.25) is 4.79 Å². The average molecular weight is 256 g/mol. The van der Waals surface area contributed by atoms with E-state index in [1.807, 2.05) is 0 Å². The third-order valence-electron chi connectivity index (χ3n) is 4.02. The Balaban J connectivity index is 2.21. The fraction of sp³-hybridized carbons (Fsp3) is 0.929. The minimum atomic E-state index is -0.709. The molecular formula is C14H28N2O2. The van der Waals surface area contributed by atoms with Gasteiger partial charge in [0.2, 0.25) is 0 Å².